The van der Waals surface area contributed by atoms with Gasteiger partial charge in [0.05, 0.1) is 6.42 Å². The quantitative estimate of drug-likeness (QED) is 0.394. The molecular formula is C28H30Cl2N2O2. The highest BCUT2D eigenvalue weighted by atomic mass is 35.5. The van der Waals surface area contributed by atoms with Gasteiger partial charge < -0.3 is 10.2 Å². The fourth-order valence-corrected chi connectivity index (χ4v) is 4.38. The maximum absolute atomic E-state index is 13.8. The molecule has 0 saturated heterocycles. The lowest BCUT2D eigenvalue weighted by Crippen LogP contribution is -2.52. The van der Waals surface area contributed by atoms with Crippen molar-refractivity contribution in [2.24, 2.45) is 0 Å². The zero-order chi connectivity index (χ0) is 24.7. The number of aryl methyl sites for hydroxylation is 1. The van der Waals surface area contributed by atoms with Crippen molar-refractivity contribution in [3.8, 4) is 0 Å². The van der Waals surface area contributed by atoms with Gasteiger partial charge in [-0.2, -0.15) is 0 Å². The van der Waals surface area contributed by atoms with E-state index in [1.807, 2.05) is 75.4 Å². The van der Waals surface area contributed by atoms with E-state index in [0.29, 0.717) is 22.0 Å². The topological polar surface area (TPSA) is 49.4 Å². The zero-order valence-corrected chi connectivity index (χ0v) is 21.2. The van der Waals surface area contributed by atoms with Gasteiger partial charge in [-0.25, -0.2) is 0 Å². The van der Waals surface area contributed by atoms with Gasteiger partial charge in [-0.1, -0.05) is 83.9 Å². The summed E-state index contributed by atoms with van der Waals surface area (Å²) in [5.74, 6) is -0.370. The number of carbonyl (C=O) groups excluding carboxylic acids is 2. The standard InChI is InChI=1S/C28H30Cl2N2O2/c1-19(2)31-28(34)26(16-21-11-5-4-6-12-21)32(18-23-24(29)14-9-15-25(23)30)27(33)17-22-13-8-7-10-20(22)3/h4-15,19,26H,16-18H2,1-3H3,(H,31,34)/t26-/m1/s1. The van der Waals surface area contributed by atoms with E-state index in [9.17, 15) is 9.59 Å². The molecule has 4 nitrogen and oxygen atoms in total. The van der Waals surface area contributed by atoms with Gasteiger partial charge in [-0.3, -0.25) is 9.59 Å². The van der Waals surface area contributed by atoms with Crippen molar-refractivity contribution in [2.75, 3.05) is 0 Å². The molecule has 3 aromatic rings. The van der Waals surface area contributed by atoms with E-state index in [0.717, 1.165) is 16.7 Å². The molecule has 6 heteroatoms. The third-order valence-electron chi connectivity index (χ3n) is 5.70. The van der Waals surface area contributed by atoms with E-state index in [2.05, 4.69) is 5.32 Å². The first kappa shape index (κ1) is 25.8. The van der Waals surface area contributed by atoms with Crippen LogP contribution in [0.5, 0.6) is 0 Å². The molecule has 0 radical (unpaired) electrons. The normalized spacial score (nSPS) is 11.8. The second kappa shape index (κ2) is 12.0. The van der Waals surface area contributed by atoms with Crippen molar-refractivity contribution in [1.29, 1.82) is 0 Å². The second-order valence-electron chi connectivity index (χ2n) is 8.69. The summed E-state index contributed by atoms with van der Waals surface area (Å²) in [6.45, 7) is 5.92. The zero-order valence-electron chi connectivity index (χ0n) is 19.7. The van der Waals surface area contributed by atoms with Crippen molar-refractivity contribution in [1.82, 2.24) is 10.2 Å². The second-order valence-corrected chi connectivity index (χ2v) is 9.51. The van der Waals surface area contributed by atoms with E-state index in [1.54, 1.807) is 23.1 Å². The Hall–Kier alpha value is -2.82. The Bertz CT molecular complexity index is 1110. The Morgan fingerprint density at radius 1 is 0.882 bits per heavy atom. The average molecular weight is 497 g/mol. The number of nitrogens with one attached hydrogen (secondary N) is 1. The molecule has 178 valence electrons. The van der Waals surface area contributed by atoms with Crippen molar-refractivity contribution in [2.45, 2.75) is 52.2 Å². The van der Waals surface area contributed by atoms with E-state index in [4.69, 9.17) is 23.2 Å². The Morgan fingerprint density at radius 2 is 1.50 bits per heavy atom. The smallest absolute Gasteiger partial charge is 0.243 e. The van der Waals surface area contributed by atoms with Gasteiger partial charge in [0.2, 0.25) is 11.8 Å². The van der Waals surface area contributed by atoms with Crippen LogP contribution in [0.25, 0.3) is 0 Å². The first-order valence-electron chi connectivity index (χ1n) is 11.4. The van der Waals surface area contributed by atoms with Crippen molar-refractivity contribution in [3.63, 3.8) is 0 Å². The van der Waals surface area contributed by atoms with Gasteiger partial charge in [0.25, 0.3) is 0 Å². The summed E-state index contributed by atoms with van der Waals surface area (Å²) in [6, 6.07) is 21.9. The molecule has 0 spiro atoms. The van der Waals surface area contributed by atoms with E-state index in [1.165, 1.54) is 0 Å². The largest absolute Gasteiger partial charge is 0.352 e. The summed E-state index contributed by atoms with van der Waals surface area (Å²) in [5.41, 5.74) is 3.54. The van der Waals surface area contributed by atoms with Crippen LogP contribution in [-0.2, 0) is 29.0 Å². The summed E-state index contributed by atoms with van der Waals surface area (Å²) in [7, 11) is 0. The number of halogens is 2. The molecule has 0 aliphatic carbocycles. The molecular weight excluding hydrogens is 467 g/mol. The predicted molar refractivity (Wildman–Crippen MR) is 139 cm³/mol. The van der Waals surface area contributed by atoms with Crippen LogP contribution in [0.4, 0.5) is 0 Å². The summed E-state index contributed by atoms with van der Waals surface area (Å²) in [4.78, 5) is 28.8. The fourth-order valence-electron chi connectivity index (χ4n) is 3.86. The fraction of sp³-hybridized carbons (Fsp3) is 0.286. The number of hydrogen-bond acceptors (Lipinski definition) is 2. The minimum Gasteiger partial charge on any atom is -0.352 e. The Labute approximate surface area is 211 Å². The number of nitrogens with zero attached hydrogens (tertiary/aromatic N) is 1. The van der Waals surface area contributed by atoms with Gasteiger partial charge in [-0.15, -0.1) is 0 Å². The highest BCUT2D eigenvalue weighted by Crippen LogP contribution is 2.27. The third kappa shape index (κ3) is 6.85. The molecule has 0 fully saturated rings. The minimum atomic E-state index is -0.728. The number of amides is 2. The molecule has 0 aliphatic heterocycles. The molecule has 3 rings (SSSR count). The number of hydrogen-bond donors (Lipinski definition) is 1. The Balaban J connectivity index is 2.03. The summed E-state index contributed by atoms with van der Waals surface area (Å²) in [6.07, 6.45) is 0.552. The molecule has 0 heterocycles. The number of rotatable bonds is 9. The lowest BCUT2D eigenvalue weighted by Gasteiger charge is -2.32. The van der Waals surface area contributed by atoms with E-state index < -0.39 is 6.04 Å². The molecule has 34 heavy (non-hydrogen) atoms. The average Bonchev–Trinajstić information content (AvgIpc) is 2.79. The lowest BCUT2D eigenvalue weighted by atomic mass is 10.00. The lowest BCUT2D eigenvalue weighted by molar-refractivity contribution is -0.141. The van der Waals surface area contributed by atoms with Crippen molar-refractivity contribution >= 4 is 35.0 Å². The van der Waals surface area contributed by atoms with Crippen LogP contribution in [-0.4, -0.2) is 28.8 Å². The first-order chi connectivity index (χ1) is 16.3. The van der Waals surface area contributed by atoms with Crippen LogP contribution >= 0.6 is 23.2 Å². The molecule has 2 amide bonds. The molecule has 1 atom stereocenters. The van der Waals surface area contributed by atoms with Crippen molar-refractivity contribution in [3.05, 3.63) is 105 Å². The predicted octanol–water partition coefficient (Wildman–Crippen LogP) is 6.01. The molecule has 0 saturated carbocycles. The SMILES string of the molecule is Cc1ccccc1CC(=O)N(Cc1c(Cl)cccc1Cl)[C@H](Cc1ccccc1)C(=O)NC(C)C. The maximum atomic E-state index is 13.8. The Kier molecular flexibility index (Phi) is 9.14. The van der Waals surface area contributed by atoms with Crippen LogP contribution in [0.3, 0.4) is 0 Å². The molecule has 0 aliphatic rings. The molecule has 3 aromatic carbocycles. The number of benzene rings is 3. The molecule has 0 aromatic heterocycles. The van der Waals surface area contributed by atoms with Crippen LogP contribution in [0, 0.1) is 6.92 Å². The molecule has 0 bridgehead atoms. The first-order valence-corrected chi connectivity index (χ1v) is 12.1. The monoisotopic (exact) mass is 496 g/mol. The highest BCUT2D eigenvalue weighted by molar-refractivity contribution is 6.36. The van der Waals surface area contributed by atoms with E-state index in [-0.39, 0.29) is 30.8 Å². The molecule has 0 unspecified atom stereocenters. The van der Waals surface area contributed by atoms with Crippen LogP contribution in [0.15, 0.2) is 72.8 Å². The van der Waals surface area contributed by atoms with Gasteiger partial charge in [0.15, 0.2) is 0 Å². The number of carbonyl (C=O) groups is 2. The summed E-state index contributed by atoms with van der Waals surface area (Å²) in [5, 5.41) is 3.91. The van der Waals surface area contributed by atoms with Crippen LogP contribution < -0.4 is 5.32 Å². The van der Waals surface area contributed by atoms with Gasteiger partial charge >= 0.3 is 0 Å². The van der Waals surface area contributed by atoms with Crippen LogP contribution in [0.2, 0.25) is 10.0 Å². The summed E-state index contributed by atoms with van der Waals surface area (Å²) < 4.78 is 0. The van der Waals surface area contributed by atoms with Crippen LogP contribution in [0.1, 0.15) is 36.1 Å². The molecule has 1 N–H and O–H groups in total. The van der Waals surface area contributed by atoms with Gasteiger partial charge in [-0.05, 0) is 49.6 Å². The van der Waals surface area contributed by atoms with Crippen molar-refractivity contribution < 1.29 is 9.59 Å². The third-order valence-corrected chi connectivity index (χ3v) is 6.40. The highest BCUT2D eigenvalue weighted by Gasteiger charge is 2.31. The van der Waals surface area contributed by atoms with E-state index >= 15 is 0 Å². The minimum absolute atomic E-state index is 0.0667. The Morgan fingerprint density at radius 3 is 2.12 bits per heavy atom. The maximum Gasteiger partial charge on any atom is 0.243 e. The van der Waals surface area contributed by atoms with Gasteiger partial charge in [0.1, 0.15) is 6.04 Å². The summed E-state index contributed by atoms with van der Waals surface area (Å²) >= 11 is 12.9. The van der Waals surface area contributed by atoms with Gasteiger partial charge in [0, 0.05) is 34.6 Å².